The van der Waals surface area contributed by atoms with E-state index in [2.05, 4.69) is 55.7 Å². The van der Waals surface area contributed by atoms with Crippen LogP contribution >= 0.6 is 12.4 Å². The number of aryl methyl sites for hydroxylation is 1. The minimum Gasteiger partial charge on any atom is -0.355 e. The maximum absolute atomic E-state index is 11.8. The van der Waals surface area contributed by atoms with Crippen LogP contribution in [0.2, 0.25) is 0 Å². The zero-order valence-electron chi connectivity index (χ0n) is 13.4. The van der Waals surface area contributed by atoms with E-state index in [4.69, 9.17) is 0 Å². The maximum atomic E-state index is 11.8. The zero-order chi connectivity index (χ0) is 14.8. The van der Waals surface area contributed by atoms with Gasteiger partial charge in [0.1, 0.15) is 0 Å². The molecule has 4 heteroatoms. The highest BCUT2D eigenvalue weighted by molar-refractivity contribution is 5.85. The van der Waals surface area contributed by atoms with Gasteiger partial charge in [-0.2, -0.15) is 0 Å². The SMILES string of the molecule is CCCNCCNC(=O)CC(C)c1ccc(CC)cc1.Cl. The van der Waals surface area contributed by atoms with Crippen LogP contribution in [0.5, 0.6) is 0 Å². The Balaban J connectivity index is 0.00000400. The molecule has 2 N–H and O–H groups in total. The maximum Gasteiger partial charge on any atom is 0.220 e. The van der Waals surface area contributed by atoms with Crippen molar-refractivity contribution in [2.75, 3.05) is 19.6 Å². The van der Waals surface area contributed by atoms with E-state index in [1.165, 1.54) is 11.1 Å². The summed E-state index contributed by atoms with van der Waals surface area (Å²) >= 11 is 0. The molecule has 3 nitrogen and oxygen atoms in total. The van der Waals surface area contributed by atoms with E-state index >= 15 is 0 Å². The first-order valence-corrected chi connectivity index (χ1v) is 7.73. The Morgan fingerprint density at radius 2 is 1.76 bits per heavy atom. The quantitative estimate of drug-likeness (QED) is 0.687. The van der Waals surface area contributed by atoms with E-state index in [1.807, 2.05) is 0 Å². The first kappa shape index (κ1) is 19.9. The summed E-state index contributed by atoms with van der Waals surface area (Å²) in [5.74, 6) is 0.403. The lowest BCUT2D eigenvalue weighted by molar-refractivity contribution is -0.121. The molecule has 1 aromatic rings. The summed E-state index contributed by atoms with van der Waals surface area (Å²) in [5, 5.41) is 6.24. The molecule has 0 bridgehead atoms. The van der Waals surface area contributed by atoms with Crippen molar-refractivity contribution in [3.63, 3.8) is 0 Å². The Morgan fingerprint density at radius 1 is 1.10 bits per heavy atom. The van der Waals surface area contributed by atoms with Crippen LogP contribution in [0.3, 0.4) is 0 Å². The van der Waals surface area contributed by atoms with Gasteiger partial charge in [0.25, 0.3) is 0 Å². The van der Waals surface area contributed by atoms with Gasteiger partial charge >= 0.3 is 0 Å². The Morgan fingerprint density at radius 3 is 2.33 bits per heavy atom. The smallest absolute Gasteiger partial charge is 0.220 e. The molecule has 0 aliphatic heterocycles. The first-order valence-electron chi connectivity index (χ1n) is 7.73. The predicted octanol–water partition coefficient (Wildman–Crippen LogP) is 3.28. The minimum absolute atomic E-state index is 0. The summed E-state index contributed by atoms with van der Waals surface area (Å²) in [6.45, 7) is 8.96. The van der Waals surface area contributed by atoms with Gasteiger partial charge in [-0.3, -0.25) is 4.79 Å². The van der Waals surface area contributed by atoms with Crippen LogP contribution in [0.15, 0.2) is 24.3 Å². The fourth-order valence-corrected chi connectivity index (χ4v) is 2.14. The third-order valence-electron chi connectivity index (χ3n) is 3.50. The van der Waals surface area contributed by atoms with E-state index in [0.717, 1.165) is 25.9 Å². The van der Waals surface area contributed by atoms with Crippen molar-refractivity contribution in [1.82, 2.24) is 10.6 Å². The normalized spacial score (nSPS) is 11.6. The monoisotopic (exact) mass is 312 g/mol. The number of hydrogen-bond donors (Lipinski definition) is 2. The number of hydrogen-bond acceptors (Lipinski definition) is 2. The number of carbonyl (C=O) groups excluding carboxylic acids is 1. The first-order chi connectivity index (χ1) is 9.67. The number of benzene rings is 1. The molecule has 1 atom stereocenters. The highest BCUT2D eigenvalue weighted by Gasteiger charge is 2.10. The molecule has 0 heterocycles. The molecular formula is C17H29ClN2O. The molecule has 0 aliphatic rings. The molecule has 1 amide bonds. The van der Waals surface area contributed by atoms with E-state index in [-0.39, 0.29) is 24.2 Å². The molecule has 1 aromatic carbocycles. The second-order valence-electron chi connectivity index (χ2n) is 5.30. The summed E-state index contributed by atoms with van der Waals surface area (Å²) in [6, 6.07) is 8.58. The summed E-state index contributed by atoms with van der Waals surface area (Å²) in [5.41, 5.74) is 2.58. The van der Waals surface area contributed by atoms with Crippen LogP contribution in [0.4, 0.5) is 0 Å². The molecule has 0 aliphatic carbocycles. The van der Waals surface area contributed by atoms with E-state index < -0.39 is 0 Å². The molecule has 0 saturated carbocycles. The molecular weight excluding hydrogens is 284 g/mol. The fourth-order valence-electron chi connectivity index (χ4n) is 2.14. The van der Waals surface area contributed by atoms with Gasteiger partial charge in [0.05, 0.1) is 0 Å². The third kappa shape index (κ3) is 8.08. The van der Waals surface area contributed by atoms with Gasteiger partial charge in [-0.15, -0.1) is 12.4 Å². The number of rotatable bonds is 9. The van der Waals surface area contributed by atoms with E-state index in [9.17, 15) is 4.79 Å². The Kier molecular flexibility index (Phi) is 11.0. The van der Waals surface area contributed by atoms with Crippen LogP contribution in [0.1, 0.15) is 50.7 Å². The van der Waals surface area contributed by atoms with E-state index in [1.54, 1.807) is 0 Å². The van der Waals surface area contributed by atoms with Gasteiger partial charge in [0.15, 0.2) is 0 Å². The van der Waals surface area contributed by atoms with Crippen molar-refractivity contribution in [3.05, 3.63) is 35.4 Å². The van der Waals surface area contributed by atoms with Crippen molar-refractivity contribution < 1.29 is 4.79 Å². The van der Waals surface area contributed by atoms with Gasteiger partial charge < -0.3 is 10.6 Å². The standard InChI is InChI=1S/C17H28N2O.ClH/c1-4-10-18-11-12-19-17(20)13-14(3)16-8-6-15(5-2)7-9-16;/h6-9,14,18H,4-5,10-13H2,1-3H3,(H,19,20);1H. The lowest BCUT2D eigenvalue weighted by Gasteiger charge is -2.13. The molecule has 21 heavy (non-hydrogen) atoms. The minimum atomic E-state index is 0. The molecule has 120 valence electrons. The number of halogens is 1. The van der Waals surface area contributed by atoms with Crippen molar-refractivity contribution in [2.24, 2.45) is 0 Å². The third-order valence-corrected chi connectivity index (χ3v) is 3.50. The number of carbonyl (C=O) groups is 1. The van der Waals surface area contributed by atoms with Crippen molar-refractivity contribution in [1.29, 1.82) is 0 Å². The average Bonchev–Trinajstić information content (AvgIpc) is 2.47. The van der Waals surface area contributed by atoms with Crippen LogP contribution < -0.4 is 10.6 Å². The lowest BCUT2D eigenvalue weighted by Crippen LogP contribution is -2.32. The molecule has 0 spiro atoms. The summed E-state index contributed by atoms with van der Waals surface area (Å²) < 4.78 is 0. The Labute approximate surface area is 135 Å². The van der Waals surface area contributed by atoms with Crippen LogP contribution in [-0.4, -0.2) is 25.5 Å². The second kappa shape index (κ2) is 11.6. The van der Waals surface area contributed by atoms with Gasteiger partial charge in [-0.05, 0) is 36.4 Å². The van der Waals surface area contributed by atoms with Crippen molar-refractivity contribution in [2.45, 2.75) is 46.0 Å². The molecule has 1 unspecified atom stereocenters. The molecule has 0 fully saturated rings. The number of nitrogens with one attached hydrogen (secondary N) is 2. The molecule has 0 saturated heterocycles. The Hall–Kier alpha value is -1.06. The highest BCUT2D eigenvalue weighted by atomic mass is 35.5. The number of amides is 1. The largest absolute Gasteiger partial charge is 0.355 e. The second-order valence-corrected chi connectivity index (χ2v) is 5.30. The fraction of sp³-hybridized carbons (Fsp3) is 0.588. The molecule has 0 radical (unpaired) electrons. The van der Waals surface area contributed by atoms with Crippen molar-refractivity contribution >= 4 is 18.3 Å². The topological polar surface area (TPSA) is 41.1 Å². The van der Waals surface area contributed by atoms with Crippen LogP contribution in [-0.2, 0) is 11.2 Å². The summed E-state index contributed by atoms with van der Waals surface area (Å²) in [4.78, 5) is 11.8. The van der Waals surface area contributed by atoms with Gasteiger partial charge in [-0.1, -0.05) is 45.0 Å². The zero-order valence-corrected chi connectivity index (χ0v) is 14.3. The Bertz CT molecular complexity index is 392. The summed E-state index contributed by atoms with van der Waals surface area (Å²) in [7, 11) is 0. The van der Waals surface area contributed by atoms with E-state index in [0.29, 0.717) is 13.0 Å². The molecule has 1 rings (SSSR count). The van der Waals surface area contributed by atoms with Crippen LogP contribution in [0.25, 0.3) is 0 Å². The molecule has 0 aromatic heterocycles. The van der Waals surface area contributed by atoms with Gasteiger partial charge in [-0.25, -0.2) is 0 Å². The predicted molar refractivity (Wildman–Crippen MR) is 92.3 cm³/mol. The van der Waals surface area contributed by atoms with Crippen LogP contribution in [0, 0.1) is 0 Å². The summed E-state index contributed by atoms with van der Waals surface area (Å²) in [6.07, 6.45) is 2.73. The van der Waals surface area contributed by atoms with Crippen molar-refractivity contribution in [3.8, 4) is 0 Å². The lowest BCUT2D eigenvalue weighted by atomic mass is 9.96. The van der Waals surface area contributed by atoms with Gasteiger partial charge in [0.2, 0.25) is 5.91 Å². The average molecular weight is 313 g/mol. The highest BCUT2D eigenvalue weighted by Crippen LogP contribution is 2.19. The van der Waals surface area contributed by atoms with Gasteiger partial charge in [0, 0.05) is 19.5 Å².